The van der Waals surface area contributed by atoms with E-state index in [1.54, 1.807) is 6.07 Å². The molecule has 1 fully saturated rings. The third-order valence-corrected chi connectivity index (χ3v) is 8.73. The lowest BCUT2D eigenvalue weighted by Gasteiger charge is -2.49. The van der Waals surface area contributed by atoms with Crippen molar-refractivity contribution in [2.75, 3.05) is 23.8 Å². The number of fused-ring (bicyclic) bond motifs is 1. The summed E-state index contributed by atoms with van der Waals surface area (Å²) in [5.74, 6) is -1.69. The van der Waals surface area contributed by atoms with Crippen LogP contribution in [0.4, 0.5) is 5.82 Å². The summed E-state index contributed by atoms with van der Waals surface area (Å²) in [7, 11) is 0. The smallest absolute Gasteiger partial charge is 0.353 e. The average Bonchev–Trinajstić information content (AvgIpc) is 2.86. The largest absolute Gasteiger partial charge is 0.477 e. The van der Waals surface area contributed by atoms with Crippen molar-refractivity contribution in [2.45, 2.75) is 21.3 Å². The first-order valence-corrected chi connectivity index (χ1v) is 13.2. The number of nitrogens with two attached hydrogens (primary N) is 2. The number of aliphatic carboxylic acids is 1. The first kappa shape index (κ1) is 25.7. The number of nitrogens with zero attached hydrogens (tertiary/aromatic N) is 5. The molecule has 4 rings (SSSR count). The van der Waals surface area contributed by atoms with Crippen LogP contribution in [0.1, 0.15) is 5.69 Å². The number of rotatable bonds is 9. The fraction of sp³-hybridized carbons (Fsp3) is 0.250. The van der Waals surface area contributed by atoms with E-state index in [1.807, 2.05) is 0 Å². The van der Waals surface area contributed by atoms with Gasteiger partial charge in [-0.2, -0.15) is 5.10 Å². The number of nitrogen functional groups attached to an aromatic ring is 1. The van der Waals surface area contributed by atoms with E-state index in [1.165, 1.54) is 59.7 Å². The normalized spacial score (nSPS) is 19.5. The number of hydrogen-bond acceptors (Lipinski definition) is 13. The molecular formula is C20H20N8O5S3. The van der Waals surface area contributed by atoms with Gasteiger partial charge in [0.15, 0.2) is 5.71 Å². The Bertz CT molecular complexity index is 1270. The number of nitrogens with one attached hydrogen (secondary N) is 1. The minimum atomic E-state index is -1.26. The van der Waals surface area contributed by atoms with Crippen molar-refractivity contribution >= 4 is 64.6 Å². The summed E-state index contributed by atoms with van der Waals surface area (Å²) in [6, 6.07) is 5.17. The second-order valence-electron chi connectivity index (χ2n) is 7.27. The maximum absolute atomic E-state index is 13.0. The molecule has 2 aliphatic rings. The highest BCUT2D eigenvalue weighted by molar-refractivity contribution is 8.07. The molecule has 0 radical (unpaired) electrons. The fourth-order valence-electron chi connectivity index (χ4n) is 3.45. The predicted octanol–water partition coefficient (Wildman–Crippen LogP) is 0.171. The van der Waals surface area contributed by atoms with E-state index < -0.39 is 34.9 Å². The Morgan fingerprint density at radius 3 is 2.83 bits per heavy atom. The van der Waals surface area contributed by atoms with Crippen LogP contribution in [-0.2, 0) is 14.4 Å². The molecule has 188 valence electrons. The standard InChI is InChI=1S/C20H20N8O5S3/c21-5-7-34-17-10(4-6-23-26-17)36-11-8-35-19-14(18(30)28(19)15(11)20(31)32)25-16(29)13(27-33)9-2-1-3-12(22)24-9/h1-4,6,14,19,33H,5,7-8,21H2,(H2,22,24)(H,25,29)(H,31,32)/b27-13-/t14-,19?/m1/s1. The Labute approximate surface area is 217 Å². The molecule has 0 bridgehead atoms. The highest BCUT2D eigenvalue weighted by atomic mass is 32.2. The van der Waals surface area contributed by atoms with Crippen LogP contribution >= 0.6 is 35.3 Å². The first-order valence-electron chi connectivity index (χ1n) is 10.3. The number of amides is 2. The summed E-state index contributed by atoms with van der Waals surface area (Å²) in [5, 5.41) is 32.7. The van der Waals surface area contributed by atoms with E-state index in [4.69, 9.17) is 11.5 Å². The number of carboxylic acids is 1. The van der Waals surface area contributed by atoms with Crippen LogP contribution in [0.2, 0.25) is 0 Å². The van der Waals surface area contributed by atoms with E-state index in [0.717, 1.165) is 4.90 Å². The molecule has 1 saturated heterocycles. The van der Waals surface area contributed by atoms with E-state index in [2.05, 4.69) is 25.7 Å². The number of hydrogen-bond donors (Lipinski definition) is 5. The molecule has 0 saturated carbocycles. The molecule has 7 N–H and O–H groups in total. The number of carbonyl (C=O) groups excluding carboxylic acids is 2. The van der Waals surface area contributed by atoms with Gasteiger partial charge in [-0.3, -0.25) is 14.5 Å². The molecule has 2 aromatic heterocycles. The zero-order valence-corrected chi connectivity index (χ0v) is 20.8. The molecular weight excluding hydrogens is 528 g/mol. The number of pyridine rings is 1. The summed E-state index contributed by atoms with van der Waals surface area (Å²) in [6.07, 6.45) is 1.50. The van der Waals surface area contributed by atoms with E-state index in [0.29, 0.717) is 27.1 Å². The second-order valence-corrected chi connectivity index (χ2v) is 10.6. The summed E-state index contributed by atoms with van der Waals surface area (Å²) >= 11 is 3.91. The lowest BCUT2D eigenvalue weighted by atomic mass is 10.0. The highest BCUT2D eigenvalue weighted by Gasteiger charge is 2.54. The summed E-state index contributed by atoms with van der Waals surface area (Å²) < 4.78 is 0. The van der Waals surface area contributed by atoms with E-state index >= 15 is 0 Å². The molecule has 1 unspecified atom stereocenters. The molecule has 0 aliphatic carbocycles. The topological polar surface area (TPSA) is 210 Å². The van der Waals surface area contributed by atoms with Gasteiger partial charge in [0.25, 0.3) is 11.8 Å². The Morgan fingerprint density at radius 1 is 1.33 bits per heavy atom. The molecule has 2 aromatic rings. The molecule has 36 heavy (non-hydrogen) atoms. The number of carbonyl (C=O) groups is 3. The van der Waals surface area contributed by atoms with Crippen LogP contribution in [-0.4, -0.2) is 83.4 Å². The molecule has 0 spiro atoms. The quantitative estimate of drug-likeness (QED) is 0.0931. The fourth-order valence-corrected chi connectivity index (χ4v) is 6.82. The van der Waals surface area contributed by atoms with Crippen molar-refractivity contribution in [3.8, 4) is 0 Å². The molecule has 2 aliphatic heterocycles. The maximum Gasteiger partial charge on any atom is 0.353 e. The van der Waals surface area contributed by atoms with Crippen LogP contribution < -0.4 is 16.8 Å². The lowest BCUT2D eigenvalue weighted by Crippen LogP contribution is -2.71. The van der Waals surface area contributed by atoms with Crippen molar-refractivity contribution in [3.05, 3.63) is 46.8 Å². The molecule has 16 heteroatoms. The van der Waals surface area contributed by atoms with Gasteiger partial charge in [-0.25, -0.2) is 9.78 Å². The van der Waals surface area contributed by atoms with E-state index in [-0.39, 0.29) is 23.0 Å². The summed E-state index contributed by atoms with van der Waals surface area (Å²) in [4.78, 5) is 44.1. The van der Waals surface area contributed by atoms with Crippen LogP contribution in [0.3, 0.4) is 0 Å². The third-order valence-electron chi connectivity index (χ3n) is 4.99. The molecule has 0 aromatic carbocycles. The van der Waals surface area contributed by atoms with Crippen LogP contribution in [0.5, 0.6) is 0 Å². The number of thioether (sulfide) groups is 3. The lowest BCUT2D eigenvalue weighted by molar-refractivity contribution is -0.150. The van der Waals surface area contributed by atoms with Crippen molar-refractivity contribution in [2.24, 2.45) is 10.9 Å². The SMILES string of the molecule is NCCSc1nnccc1SC1=C(C(=O)O)N2C(=O)[C@@H](NC(=O)/C(=N\O)c3cccc(N)n3)C2SC1. The first-order chi connectivity index (χ1) is 17.3. The third kappa shape index (κ3) is 5.11. The maximum atomic E-state index is 13.0. The van der Waals surface area contributed by atoms with Gasteiger partial charge in [-0.15, -0.1) is 28.6 Å². The molecule has 2 amide bonds. The Morgan fingerprint density at radius 2 is 2.14 bits per heavy atom. The van der Waals surface area contributed by atoms with Gasteiger partial charge in [0.05, 0.1) is 6.20 Å². The minimum Gasteiger partial charge on any atom is -0.477 e. The number of β-lactam (4-membered cyclic amide) rings is 1. The summed E-state index contributed by atoms with van der Waals surface area (Å²) in [6.45, 7) is 0.442. The Kier molecular flexibility index (Phi) is 7.97. The van der Waals surface area contributed by atoms with Gasteiger partial charge < -0.3 is 27.1 Å². The van der Waals surface area contributed by atoms with Gasteiger partial charge in [-0.05, 0) is 18.2 Å². The predicted molar refractivity (Wildman–Crippen MR) is 134 cm³/mol. The van der Waals surface area contributed by atoms with Crippen molar-refractivity contribution in [3.63, 3.8) is 0 Å². The van der Waals surface area contributed by atoms with Gasteiger partial charge >= 0.3 is 5.97 Å². The second kappa shape index (κ2) is 11.2. The Hall–Kier alpha value is -3.34. The number of oxime groups is 1. The summed E-state index contributed by atoms with van der Waals surface area (Å²) in [5.41, 5.74) is 10.6. The minimum absolute atomic E-state index is 0.0222. The molecule has 2 atom stereocenters. The zero-order valence-electron chi connectivity index (χ0n) is 18.4. The highest BCUT2D eigenvalue weighted by Crippen LogP contribution is 2.46. The van der Waals surface area contributed by atoms with Crippen molar-refractivity contribution in [1.82, 2.24) is 25.4 Å². The Balaban J connectivity index is 1.53. The number of anilines is 1. The molecule has 13 nitrogen and oxygen atoms in total. The van der Waals surface area contributed by atoms with Crippen molar-refractivity contribution in [1.29, 1.82) is 0 Å². The van der Waals surface area contributed by atoms with Gasteiger partial charge in [0.1, 0.15) is 33.7 Å². The van der Waals surface area contributed by atoms with Crippen LogP contribution in [0, 0.1) is 0 Å². The average molecular weight is 549 g/mol. The monoisotopic (exact) mass is 548 g/mol. The van der Waals surface area contributed by atoms with Gasteiger partial charge in [0, 0.05) is 27.9 Å². The number of aromatic nitrogens is 3. The molecule has 4 heterocycles. The zero-order chi connectivity index (χ0) is 25.8. The van der Waals surface area contributed by atoms with Gasteiger partial charge in [-0.1, -0.05) is 23.0 Å². The van der Waals surface area contributed by atoms with E-state index in [9.17, 15) is 24.7 Å². The number of carboxylic acid groups (broad SMARTS) is 1. The van der Waals surface area contributed by atoms with Crippen molar-refractivity contribution < 1.29 is 24.7 Å². The van der Waals surface area contributed by atoms with Crippen LogP contribution in [0.15, 0.2) is 56.1 Å². The van der Waals surface area contributed by atoms with Crippen LogP contribution in [0.25, 0.3) is 0 Å². The van der Waals surface area contributed by atoms with Gasteiger partial charge in [0.2, 0.25) is 0 Å².